The average molecular weight is 208 g/mol. The van der Waals surface area contributed by atoms with Crippen molar-refractivity contribution in [1.29, 1.82) is 0 Å². The van der Waals surface area contributed by atoms with E-state index in [4.69, 9.17) is 5.73 Å². The molecule has 1 aromatic rings. The van der Waals surface area contributed by atoms with Crippen LogP contribution in [0.25, 0.3) is 0 Å². The van der Waals surface area contributed by atoms with Gasteiger partial charge in [-0.15, -0.1) is 0 Å². The average Bonchev–Trinajstić information content (AvgIpc) is 2.76. The van der Waals surface area contributed by atoms with E-state index in [2.05, 4.69) is 29.4 Å². The molecule has 0 aliphatic heterocycles. The van der Waals surface area contributed by atoms with Crippen LogP contribution in [0.1, 0.15) is 38.3 Å². The predicted octanol–water partition coefficient (Wildman–Crippen LogP) is 0.963. The number of aromatic amines is 1. The number of nitrogens with zero attached hydrogens (tertiary/aromatic N) is 1. The van der Waals surface area contributed by atoms with Gasteiger partial charge in [-0.1, -0.05) is 13.8 Å². The fourth-order valence-corrected chi connectivity index (χ4v) is 1.30. The van der Waals surface area contributed by atoms with Gasteiger partial charge in [0.15, 0.2) is 5.82 Å². The standard InChI is InChI=1S/C10H16N4O/c1-6(2)7-5-8(14-13-7)12-9(15)10(11)3-4-10/h5-6H,3-4,11H2,1-2H3,(H2,12,13,14,15). The number of nitrogens with one attached hydrogen (secondary N) is 2. The van der Waals surface area contributed by atoms with Crippen LogP contribution in [-0.4, -0.2) is 21.6 Å². The van der Waals surface area contributed by atoms with Gasteiger partial charge in [-0.25, -0.2) is 0 Å². The van der Waals surface area contributed by atoms with Crippen molar-refractivity contribution in [3.63, 3.8) is 0 Å². The lowest BCUT2D eigenvalue weighted by Crippen LogP contribution is -2.37. The van der Waals surface area contributed by atoms with Gasteiger partial charge in [0.05, 0.1) is 5.54 Å². The van der Waals surface area contributed by atoms with Crippen molar-refractivity contribution in [2.45, 2.75) is 38.1 Å². The second-order valence-electron chi connectivity index (χ2n) is 4.47. The second kappa shape index (κ2) is 3.34. The summed E-state index contributed by atoms with van der Waals surface area (Å²) in [5.41, 5.74) is 6.12. The molecule has 1 aliphatic rings. The van der Waals surface area contributed by atoms with Gasteiger partial charge in [0.25, 0.3) is 0 Å². The second-order valence-corrected chi connectivity index (χ2v) is 4.47. The molecule has 0 radical (unpaired) electrons. The first kappa shape index (κ1) is 10.2. The minimum Gasteiger partial charge on any atom is -0.317 e. The third-order valence-corrected chi connectivity index (χ3v) is 2.70. The Bertz CT molecular complexity index is 379. The molecule has 2 rings (SSSR count). The van der Waals surface area contributed by atoms with Crippen LogP contribution in [0.5, 0.6) is 0 Å². The molecule has 1 heterocycles. The lowest BCUT2D eigenvalue weighted by molar-refractivity contribution is -0.118. The number of amides is 1. The maximum absolute atomic E-state index is 11.6. The van der Waals surface area contributed by atoms with Crippen molar-refractivity contribution < 1.29 is 4.79 Å². The molecule has 0 saturated heterocycles. The van der Waals surface area contributed by atoms with E-state index < -0.39 is 5.54 Å². The Kier molecular flexibility index (Phi) is 2.26. The number of H-pyrrole nitrogens is 1. The van der Waals surface area contributed by atoms with Gasteiger partial charge in [0, 0.05) is 11.8 Å². The van der Waals surface area contributed by atoms with Crippen molar-refractivity contribution >= 4 is 11.7 Å². The SMILES string of the molecule is CC(C)c1cc(NC(=O)C2(N)CC2)n[nH]1. The highest BCUT2D eigenvalue weighted by atomic mass is 16.2. The first-order valence-electron chi connectivity index (χ1n) is 5.17. The van der Waals surface area contributed by atoms with Crippen molar-refractivity contribution in [3.8, 4) is 0 Å². The maximum Gasteiger partial charge on any atom is 0.245 e. The monoisotopic (exact) mass is 208 g/mol. The molecular formula is C10H16N4O. The highest BCUT2D eigenvalue weighted by molar-refractivity contribution is 5.99. The molecule has 0 bridgehead atoms. The van der Waals surface area contributed by atoms with Crippen LogP contribution in [0.2, 0.25) is 0 Å². The van der Waals surface area contributed by atoms with Crippen LogP contribution in [-0.2, 0) is 4.79 Å². The maximum atomic E-state index is 11.6. The minimum atomic E-state index is -0.642. The van der Waals surface area contributed by atoms with Crippen molar-refractivity contribution in [1.82, 2.24) is 10.2 Å². The first-order chi connectivity index (χ1) is 7.01. The Morgan fingerprint density at radius 3 is 2.80 bits per heavy atom. The lowest BCUT2D eigenvalue weighted by Gasteiger charge is -2.06. The van der Waals surface area contributed by atoms with E-state index in [1.165, 1.54) is 0 Å². The first-order valence-corrected chi connectivity index (χ1v) is 5.17. The van der Waals surface area contributed by atoms with Crippen molar-refractivity contribution in [2.24, 2.45) is 5.73 Å². The fraction of sp³-hybridized carbons (Fsp3) is 0.600. The fourth-order valence-electron chi connectivity index (χ4n) is 1.30. The van der Waals surface area contributed by atoms with Crippen LogP contribution in [0.3, 0.4) is 0 Å². The molecule has 0 atom stereocenters. The van der Waals surface area contributed by atoms with Gasteiger partial charge in [-0.2, -0.15) is 5.10 Å². The number of rotatable bonds is 3. The van der Waals surface area contributed by atoms with Gasteiger partial charge < -0.3 is 11.1 Å². The quantitative estimate of drug-likeness (QED) is 0.691. The summed E-state index contributed by atoms with van der Waals surface area (Å²) in [4.78, 5) is 11.6. The lowest BCUT2D eigenvalue weighted by atomic mass is 10.1. The molecule has 4 N–H and O–H groups in total. The Labute approximate surface area is 88.4 Å². The molecule has 82 valence electrons. The molecule has 1 amide bonds. The molecule has 5 nitrogen and oxygen atoms in total. The number of aromatic nitrogens is 2. The van der Waals surface area contributed by atoms with E-state index in [0.717, 1.165) is 18.5 Å². The normalized spacial score (nSPS) is 17.9. The van der Waals surface area contributed by atoms with Gasteiger partial charge in [-0.3, -0.25) is 9.89 Å². The molecule has 1 aliphatic carbocycles. The van der Waals surface area contributed by atoms with Gasteiger partial charge in [0.2, 0.25) is 5.91 Å². The van der Waals surface area contributed by atoms with E-state index in [0.29, 0.717) is 11.7 Å². The van der Waals surface area contributed by atoms with Gasteiger partial charge in [0.1, 0.15) is 0 Å². The number of carbonyl (C=O) groups excluding carboxylic acids is 1. The van der Waals surface area contributed by atoms with E-state index in [-0.39, 0.29) is 5.91 Å². The summed E-state index contributed by atoms with van der Waals surface area (Å²) < 4.78 is 0. The van der Waals surface area contributed by atoms with Gasteiger partial charge in [-0.05, 0) is 18.8 Å². The highest BCUT2D eigenvalue weighted by Crippen LogP contribution is 2.33. The van der Waals surface area contributed by atoms with E-state index in [1.807, 2.05) is 6.07 Å². The summed E-state index contributed by atoms with van der Waals surface area (Å²) in [6.07, 6.45) is 1.53. The summed E-state index contributed by atoms with van der Waals surface area (Å²) >= 11 is 0. The smallest absolute Gasteiger partial charge is 0.245 e. The summed E-state index contributed by atoms with van der Waals surface area (Å²) in [6, 6.07) is 1.84. The largest absolute Gasteiger partial charge is 0.317 e. The predicted molar refractivity (Wildman–Crippen MR) is 57.5 cm³/mol. The van der Waals surface area contributed by atoms with E-state index in [9.17, 15) is 4.79 Å². The Balaban J connectivity index is 2.01. The van der Waals surface area contributed by atoms with E-state index in [1.54, 1.807) is 0 Å². The van der Waals surface area contributed by atoms with Crippen LogP contribution < -0.4 is 11.1 Å². The number of hydrogen-bond donors (Lipinski definition) is 3. The molecule has 0 aromatic carbocycles. The summed E-state index contributed by atoms with van der Waals surface area (Å²) in [5, 5.41) is 9.60. The molecule has 5 heteroatoms. The zero-order valence-electron chi connectivity index (χ0n) is 9.00. The third-order valence-electron chi connectivity index (χ3n) is 2.70. The molecule has 0 spiro atoms. The highest BCUT2D eigenvalue weighted by Gasteiger charge is 2.46. The number of carbonyl (C=O) groups is 1. The molecule has 1 saturated carbocycles. The number of hydrogen-bond acceptors (Lipinski definition) is 3. The molecular weight excluding hydrogens is 192 g/mol. The molecule has 1 aromatic heterocycles. The molecule has 15 heavy (non-hydrogen) atoms. The van der Waals surface area contributed by atoms with Crippen LogP contribution >= 0.6 is 0 Å². The van der Waals surface area contributed by atoms with Gasteiger partial charge >= 0.3 is 0 Å². The third kappa shape index (κ3) is 2.02. The number of anilines is 1. The summed E-state index contributed by atoms with van der Waals surface area (Å²) in [5.74, 6) is 0.792. The van der Waals surface area contributed by atoms with Crippen molar-refractivity contribution in [3.05, 3.63) is 11.8 Å². The topological polar surface area (TPSA) is 83.8 Å². The summed E-state index contributed by atoms with van der Waals surface area (Å²) in [6.45, 7) is 4.12. The van der Waals surface area contributed by atoms with Crippen LogP contribution in [0, 0.1) is 0 Å². The number of nitrogens with two attached hydrogens (primary N) is 1. The zero-order chi connectivity index (χ0) is 11.1. The Morgan fingerprint density at radius 1 is 1.67 bits per heavy atom. The Morgan fingerprint density at radius 2 is 2.33 bits per heavy atom. The van der Waals surface area contributed by atoms with Crippen LogP contribution in [0.15, 0.2) is 6.07 Å². The zero-order valence-corrected chi connectivity index (χ0v) is 9.00. The molecule has 1 fully saturated rings. The summed E-state index contributed by atoms with van der Waals surface area (Å²) in [7, 11) is 0. The van der Waals surface area contributed by atoms with Crippen molar-refractivity contribution in [2.75, 3.05) is 5.32 Å². The van der Waals surface area contributed by atoms with E-state index >= 15 is 0 Å². The minimum absolute atomic E-state index is 0.135. The Hall–Kier alpha value is -1.36. The van der Waals surface area contributed by atoms with Crippen LogP contribution in [0.4, 0.5) is 5.82 Å². The molecule has 0 unspecified atom stereocenters.